The summed E-state index contributed by atoms with van der Waals surface area (Å²) in [6.07, 6.45) is -6.71. The Balaban J connectivity index is 1.85. The predicted molar refractivity (Wildman–Crippen MR) is 91.5 cm³/mol. The first-order valence-corrected chi connectivity index (χ1v) is 8.48. The summed E-state index contributed by atoms with van der Waals surface area (Å²) >= 11 is 0. The van der Waals surface area contributed by atoms with Crippen LogP contribution in [0.25, 0.3) is 0 Å². The van der Waals surface area contributed by atoms with Crippen LogP contribution in [0, 0.1) is 6.92 Å². The van der Waals surface area contributed by atoms with Gasteiger partial charge in [0.05, 0.1) is 36.2 Å². The van der Waals surface area contributed by atoms with Crippen molar-refractivity contribution < 1.29 is 32.9 Å². The zero-order valence-electron chi connectivity index (χ0n) is 14.4. The topological polar surface area (TPSA) is 62.2 Å². The van der Waals surface area contributed by atoms with E-state index in [2.05, 4.69) is 0 Å². The molecule has 1 fully saturated rings. The van der Waals surface area contributed by atoms with E-state index in [0.29, 0.717) is 17.1 Å². The fraction of sp³-hybridized carbons (Fsp3) is 0.368. The highest BCUT2D eigenvalue weighted by molar-refractivity contribution is 5.79. The Bertz CT molecular complexity index is 871. The van der Waals surface area contributed by atoms with E-state index in [1.165, 1.54) is 6.07 Å². The van der Waals surface area contributed by atoms with Gasteiger partial charge in [-0.15, -0.1) is 0 Å². The molecule has 5 nitrogen and oxygen atoms in total. The van der Waals surface area contributed by atoms with Crippen LogP contribution >= 0.6 is 0 Å². The van der Waals surface area contributed by atoms with Gasteiger partial charge in [-0.3, -0.25) is 0 Å². The molecule has 0 saturated carbocycles. The number of ether oxygens (including phenoxy) is 2. The lowest BCUT2D eigenvalue weighted by Crippen LogP contribution is -2.55. The zero-order chi connectivity index (χ0) is 19.3. The van der Waals surface area contributed by atoms with Gasteiger partial charge in [0.2, 0.25) is 0 Å². The van der Waals surface area contributed by atoms with Crippen molar-refractivity contribution in [1.82, 2.24) is 0 Å². The van der Waals surface area contributed by atoms with Crippen LogP contribution in [0.2, 0.25) is 0 Å². The molecular formula is C19H18F3NO4. The number of nitrogens with zero attached hydrogens (tertiary/aromatic N) is 1. The minimum absolute atomic E-state index is 0.00261. The summed E-state index contributed by atoms with van der Waals surface area (Å²) in [6, 6.07) is 7.90. The lowest BCUT2D eigenvalue weighted by Gasteiger charge is -2.43. The van der Waals surface area contributed by atoms with Crippen molar-refractivity contribution in [2.24, 2.45) is 0 Å². The van der Waals surface area contributed by atoms with Gasteiger partial charge in [-0.2, -0.15) is 13.2 Å². The number of aliphatic hydroxyl groups is 2. The molecule has 2 aliphatic heterocycles. The first kappa shape index (κ1) is 18.1. The highest BCUT2D eigenvalue weighted by atomic mass is 19.4. The number of aryl methyl sites for hydroxylation is 1. The molecule has 144 valence electrons. The number of hydrogen-bond acceptors (Lipinski definition) is 5. The Morgan fingerprint density at radius 3 is 2.37 bits per heavy atom. The maximum atomic E-state index is 13.1. The molecule has 0 radical (unpaired) electrons. The third-order valence-electron chi connectivity index (χ3n) is 4.84. The summed E-state index contributed by atoms with van der Waals surface area (Å²) < 4.78 is 50.5. The number of hydrogen-bond donors (Lipinski definition) is 2. The summed E-state index contributed by atoms with van der Waals surface area (Å²) in [5.41, 5.74) is 1.03. The van der Waals surface area contributed by atoms with Crippen molar-refractivity contribution in [3.05, 3.63) is 47.5 Å². The fourth-order valence-corrected chi connectivity index (χ4v) is 3.47. The predicted octanol–water partition coefficient (Wildman–Crippen LogP) is 3.38. The molecule has 2 aromatic rings. The summed E-state index contributed by atoms with van der Waals surface area (Å²) in [4.78, 5) is 1.68. The van der Waals surface area contributed by atoms with Gasteiger partial charge in [-0.25, -0.2) is 0 Å². The van der Waals surface area contributed by atoms with Crippen LogP contribution < -0.4 is 9.64 Å². The lowest BCUT2D eigenvalue weighted by atomic mass is 9.98. The minimum Gasteiger partial charge on any atom is -0.453 e. The van der Waals surface area contributed by atoms with Crippen molar-refractivity contribution in [2.45, 2.75) is 31.3 Å². The Labute approximate surface area is 153 Å². The molecule has 0 bridgehead atoms. The molecule has 0 unspecified atom stereocenters. The highest BCUT2D eigenvalue weighted by Crippen LogP contribution is 2.50. The fourth-order valence-electron chi connectivity index (χ4n) is 3.47. The monoisotopic (exact) mass is 381 g/mol. The Morgan fingerprint density at radius 1 is 1.00 bits per heavy atom. The zero-order valence-corrected chi connectivity index (χ0v) is 14.4. The molecule has 0 aliphatic carbocycles. The SMILES string of the molecule is Cc1ccc2c(c1)Oc1cc(C(F)(F)F)ccc1N2[C@H]1COC[C@H](O)[C@@H]1O. The number of benzene rings is 2. The lowest BCUT2D eigenvalue weighted by molar-refractivity contribution is -0.137. The first-order chi connectivity index (χ1) is 12.8. The minimum atomic E-state index is -4.50. The molecule has 2 heterocycles. The van der Waals surface area contributed by atoms with Crippen LogP contribution in [0.3, 0.4) is 0 Å². The van der Waals surface area contributed by atoms with E-state index >= 15 is 0 Å². The number of rotatable bonds is 1. The van der Waals surface area contributed by atoms with Gasteiger partial charge < -0.3 is 24.6 Å². The smallest absolute Gasteiger partial charge is 0.416 e. The van der Waals surface area contributed by atoms with Gasteiger partial charge in [0.15, 0.2) is 11.5 Å². The van der Waals surface area contributed by atoms with E-state index in [4.69, 9.17) is 9.47 Å². The molecule has 2 N–H and O–H groups in total. The normalized spacial score (nSPS) is 24.8. The number of anilines is 2. The summed E-state index contributed by atoms with van der Waals surface area (Å²) in [7, 11) is 0. The van der Waals surface area contributed by atoms with Crippen LogP contribution in [0.5, 0.6) is 11.5 Å². The van der Waals surface area contributed by atoms with Gasteiger partial charge in [0.1, 0.15) is 12.2 Å². The largest absolute Gasteiger partial charge is 0.453 e. The number of halogens is 3. The highest BCUT2D eigenvalue weighted by Gasteiger charge is 2.41. The van der Waals surface area contributed by atoms with Gasteiger partial charge >= 0.3 is 6.18 Å². The quantitative estimate of drug-likeness (QED) is 0.793. The molecule has 3 atom stereocenters. The number of alkyl halides is 3. The Hall–Kier alpha value is -2.29. The van der Waals surface area contributed by atoms with E-state index in [1.807, 2.05) is 13.0 Å². The average Bonchev–Trinajstić information content (AvgIpc) is 2.61. The van der Waals surface area contributed by atoms with E-state index in [1.54, 1.807) is 17.0 Å². The van der Waals surface area contributed by atoms with E-state index in [0.717, 1.165) is 17.7 Å². The van der Waals surface area contributed by atoms with E-state index in [-0.39, 0.29) is 19.0 Å². The van der Waals surface area contributed by atoms with Crippen molar-refractivity contribution in [2.75, 3.05) is 18.1 Å². The third-order valence-corrected chi connectivity index (χ3v) is 4.84. The van der Waals surface area contributed by atoms with Gasteiger partial charge in [-0.1, -0.05) is 6.07 Å². The molecule has 8 heteroatoms. The van der Waals surface area contributed by atoms with Crippen molar-refractivity contribution in [3.63, 3.8) is 0 Å². The van der Waals surface area contributed by atoms with Crippen molar-refractivity contribution in [1.29, 1.82) is 0 Å². The van der Waals surface area contributed by atoms with E-state index in [9.17, 15) is 23.4 Å². The molecule has 2 aliphatic rings. The van der Waals surface area contributed by atoms with Crippen LogP contribution in [0.4, 0.5) is 24.5 Å². The molecular weight excluding hydrogens is 363 g/mol. The summed E-state index contributed by atoms with van der Waals surface area (Å²) in [5.74, 6) is 0.421. The van der Waals surface area contributed by atoms with Gasteiger partial charge in [-0.05, 0) is 42.8 Å². The molecule has 0 spiro atoms. The van der Waals surface area contributed by atoms with Crippen LogP contribution in [0.15, 0.2) is 36.4 Å². The van der Waals surface area contributed by atoms with Crippen LogP contribution in [-0.2, 0) is 10.9 Å². The number of fused-ring (bicyclic) bond motifs is 2. The standard InChI is InChI=1S/C19H18F3NO4/c1-10-2-4-12-16(6-10)27-17-7-11(19(20,21)22)3-5-13(17)23(12)14-8-26-9-15(24)18(14)25/h2-7,14-15,18,24-25H,8-9H2,1H3/t14-,15-,18+/m0/s1. The molecule has 0 amide bonds. The number of aliphatic hydroxyl groups excluding tert-OH is 2. The Morgan fingerprint density at radius 2 is 1.67 bits per heavy atom. The summed E-state index contributed by atoms with van der Waals surface area (Å²) in [6.45, 7) is 1.96. The second-order valence-corrected chi connectivity index (χ2v) is 6.79. The molecule has 2 aromatic carbocycles. The van der Waals surface area contributed by atoms with Crippen molar-refractivity contribution >= 4 is 11.4 Å². The third kappa shape index (κ3) is 3.13. The molecule has 4 rings (SSSR count). The maximum Gasteiger partial charge on any atom is 0.416 e. The first-order valence-electron chi connectivity index (χ1n) is 8.48. The summed E-state index contributed by atoms with van der Waals surface area (Å²) in [5, 5.41) is 20.5. The van der Waals surface area contributed by atoms with Crippen LogP contribution in [0.1, 0.15) is 11.1 Å². The van der Waals surface area contributed by atoms with E-state index < -0.39 is 30.0 Å². The molecule has 1 saturated heterocycles. The van der Waals surface area contributed by atoms with Crippen LogP contribution in [-0.4, -0.2) is 41.7 Å². The second-order valence-electron chi connectivity index (χ2n) is 6.79. The van der Waals surface area contributed by atoms with Gasteiger partial charge in [0, 0.05) is 0 Å². The molecule has 27 heavy (non-hydrogen) atoms. The average molecular weight is 381 g/mol. The second kappa shape index (κ2) is 6.40. The maximum absolute atomic E-state index is 13.1. The van der Waals surface area contributed by atoms with Gasteiger partial charge in [0.25, 0.3) is 0 Å². The van der Waals surface area contributed by atoms with Crippen molar-refractivity contribution in [3.8, 4) is 11.5 Å². The Kier molecular flexibility index (Phi) is 4.29. The molecule has 0 aromatic heterocycles.